The number of para-hydroxylation sites is 1. The van der Waals surface area contributed by atoms with Crippen molar-refractivity contribution in [3.63, 3.8) is 0 Å². The molecular formula is C15H24N2O. The Morgan fingerprint density at radius 1 is 1.39 bits per heavy atom. The highest BCUT2D eigenvalue weighted by molar-refractivity contribution is 5.33. The first-order chi connectivity index (χ1) is 8.70. The Balaban J connectivity index is 1.91. The van der Waals surface area contributed by atoms with Crippen molar-refractivity contribution >= 4 is 0 Å². The minimum Gasteiger partial charge on any atom is -0.496 e. The third-order valence-electron chi connectivity index (χ3n) is 3.86. The molecule has 2 unspecified atom stereocenters. The predicted octanol–water partition coefficient (Wildman–Crippen LogP) is 2.12. The first-order valence-electron chi connectivity index (χ1n) is 6.74. The Morgan fingerprint density at radius 3 is 2.89 bits per heavy atom. The molecule has 0 bridgehead atoms. The first kappa shape index (κ1) is 13.4. The molecule has 1 aromatic rings. The summed E-state index contributed by atoms with van der Waals surface area (Å²) in [6.45, 7) is 5.59. The maximum absolute atomic E-state index is 5.38. The average molecular weight is 248 g/mol. The molecule has 1 fully saturated rings. The lowest BCUT2D eigenvalue weighted by atomic mass is 9.94. The number of nitrogens with zero attached hydrogens (tertiary/aromatic N) is 1. The van der Waals surface area contributed by atoms with Gasteiger partial charge < -0.3 is 15.0 Å². The van der Waals surface area contributed by atoms with E-state index in [0.717, 1.165) is 12.3 Å². The molecule has 0 radical (unpaired) electrons. The molecule has 3 heteroatoms. The van der Waals surface area contributed by atoms with Crippen LogP contribution in [0.5, 0.6) is 5.75 Å². The molecule has 100 valence electrons. The summed E-state index contributed by atoms with van der Waals surface area (Å²) >= 11 is 0. The van der Waals surface area contributed by atoms with Crippen LogP contribution in [0.3, 0.4) is 0 Å². The first-order valence-corrected chi connectivity index (χ1v) is 6.74. The molecule has 1 aliphatic heterocycles. The summed E-state index contributed by atoms with van der Waals surface area (Å²) < 4.78 is 5.38. The van der Waals surface area contributed by atoms with E-state index in [2.05, 4.69) is 36.3 Å². The minimum absolute atomic E-state index is 0.617. The highest BCUT2D eigenvalue weighted by Gasteiger charge is 2.23. The van der Waals surface area contributed by atoms with Gasteiger partial charge in [-0.05, 0) is 32.0 Å². The summed E-state index contributed by atoms with van der Waals surface area (Å²) in [4.78, 5) is 2.41. The summed E-state index contributed by atoms with van der Waals surface area (Å²) in [5, 5.41) is 3.68. The predicted molar refractivity (Wildman–Crippen MR) is 74.9 cm³/mol. The molecule has 18 heavy (non-hydrogen) atoms. The van der Waals surface area contributed by atoms with Crippen LogP contribution in [-0.4, -0.2) is 38.2 Å². The van der Waals surface area contributed by atoms with Crippen molar-refractivity contribution in [2.24, 2.45) is 5.92 Å². The molecule has 2 rings (SSSR count). The molecule has 3 nitrogen and oxygen atoms in total. The van der Waals surface area contributed by atoms with Crippen molar-refractivity contribution in [3.8, 4) is 5.75 Å². The summed E-state index contributed by atoms with van der Waals surface area (Å²) in [6.07, 6.45) is 1.23. The number of benzene rings is 1. The fourth-order valence-electron chi connectivity index (χ4n) is 2.75. The van der Waals surface area contributed by atoms with Crippen molar-refractivity contribution in [1.82, 2.24) is 10.2 Å². The minimum atomic E-state index is 0.617. The zero-order chi connectivity index (χ0) is 13.0. The Hall–Kier alpha value is -1.06. The van der Waals surface area contributed by atoms with Crippen LogP contribution in [0.4, 0.5) is 0 Å². The molecule has 1 aromatic carbocycles. The van der Waals surface area contributed by atoms with Crippen LogP contribution in [0.1, 0.15) is 18.9 Å². The summed E-state index contributed by atoms with van der Waals surface area (Å²) in [5.41, 5.74) is 1.24. The van der Waals surface area contributed by atoms with Crippen molar-refractivity contribution in [3.05, 3.63) is 29.8 Å². The lowest BCUT2D eigenvalue weighted by Crippen LogP contribution is -2.46. The van der Waals surface area contributed by atoms with Gasteiger partial charge in [0.05, 0.1) is 7.11 Å². The molecule has 0 aromatic heterocycles. The third-order valence-corrected chi connectivity index (χ3v) is 3.86. The van der Waals surface area contributed by atoms with E-state index in [9.17, 15) is 0 Å². The number of nitrogens with one attached hydrogen (secondary N) is 1. The molecule has 1 saturated heterocycles. The Kier molecular flexibility index (Phi) is 4.61. The summed E-state index contributed by atoms with van der Waals surface area (Å²) in [7, 11) is 3.93. The van der Waals surface area contributed by atoms with E-state index >= 15 is 0 Å². The molecule has 0 spiro atoms. The molecular weight excluding hydrogens is 224 g/mol. The molecule has 1 N–H and O–H groups in total. The van der Waals surface area contributed by atoms with Crippen LogP contribution in [0.2, 0.25) is 0 Å². The second-order valence-electron chi connectivity index (χ2n) is 5.33. The van der Waals surface area contributed by atoms with E-state index in [0.29, 0.717) is 12.0 Å². The van der Waals surface area contributed by atoms with Crippen molar-refractivity contribution in [2.45, 2.75) is 25.9 Å². The van der Waals surface area contributed by atoms with Gasteiger partial charge in [-0.1, -0.05) is 25.1 Å². The van der Waals surface area contributed by atoms with Crippen molar-refractivity contribution < 1.29 is 4.74 Å². The highest BCUT2D eigenvalue weighted by Crippen LogP contribution is 2.19. The zero-order valence-electron chi connectivity index (χ0n) is 11.6. The number of piperidine rings is 1. The third kappa shape index (κ3) is 3.24. The Morgan fingerprint density at radius 2 is 2.17 bits per heavy atom. The standard InChI is InChI=1S/C15H24N2O/c1-12-11-17(2)9-8-14(12)16-10-13-6-4-5-7-15(13)18-3/h4-7,12,14,16H,8-11H2,1-3H3. The van der Waals surface area contributed by atoms with Gasteiger partial charge in [0.15, 0.2) is 0 Å². The molecule has 1 aliphatic rings. The van der Waals surface area contributed by atoms with Gasteiger partial charge in [-0.2, -0.15) is 0 Å². The molecule has 2 atom stereocenters. The maximum Gasteiger partial charge on any atom is 0.123 e. The molecule has 0 amide bonds. The van der Waals surface area contributed by atoms with Gasteiger partial charge in [-0.25, -0.2) is 0 Å². The Labute approximate surface area is 110 Å². The number of likely N-dealkylation sites (tertiary alicyclic amines) is 1. The normalized spacial score (nSPS) is 25.1. The number of hydrogen-bond donors (Lipinski definition) is 1. The summed E-state index contributed by atoms with van der Waals surface area (Å²) in [5.74, 6) is 1.68. The van der Waals surface area contributed by atoms with Crippen LogP contribution < -0.4 is 10.1 Å². The lowest BCUT2D eigenvalue weighted by molar-refractivity contribution is 0.174. The van der Waals surface area contributed by atoms with Gasteiger partial charge in [0.1, 0.15) is 5.75 Å². The van der Waals surface area contributed by atoms with Gasteiger partial charge in [-0.15, -0.1) is 0 Å². The van der Waals surface area contributed by atoms with Crippen molar-refractivity contribution in [2.75, 3.05) is 27.2 Å². The van der Waals surface area contributed by atoms with Crippen LogP contribution in [0.15, 0.2) is 24.3 Å². The van der Waals surface area contributed by atoms with Crippen LogP contribution in [0.25, 0.3) is 0 Å². The van der Waals surface area contributed by atoms with Crippen LogP contribution >= 0.6 is 0 Å². The number of ether oxygens (including phenoxy) is 1. The number of methoxy groups -OCH3 is 1. The van der Waals surface area contributed by atoms with E-state index in [1.54, 1.807) is 7.11 Å². The van der Waals surface area contributed by atoms with Crippen LogP contribution in [0, 0.1) is 5.92 Å². The van der Waals surface area contributed by atoms with E-state index in [1.165, 1.54) is 25.1 Å². The number of rotatable bonds is 4. The van der Waals surface area contributed by atoms with Gasteiger partial charge in [0.25, 0.3) is 0 Å². The van der Waals surface area contributed by atoms with E-state index in [1.807, 2.05) is 12.1 Å². The topological polar surface area (TPSA) is 24.5 Å². The molecule has 0 aliphatic carbocycles. The van der Waals surface area contributed by atoms with E-state index in [-0.39, 0.29) is 0 Å². The van der Waals surface area contributed by atoms with E-state index < -0.39 is 0 Å². The van der Waals surface area contributed by atoms with Crippen LogP contribution in [-0.2, 0) is 6.54 Å². The maximum atomic E-state index is 5.38. The lowest BCUT2D eigenvalue weighted by Gasteiger charge is -2.35. The fourth-order valence-corrected chi connectivity index (χ4v) is 2.75. The average Bonchev–Trinajstić information content (AvgIpc) is 2.38. The van der Waals surface area contributed by atoms with Crippen molar-refractivity contribution in [1.29, 1.82) is 0 Å². The monoisotopic (exact) mass is 248 g/mol. The van der Waals surface area contributed by atoms with Gasteiger partial charge in [-0.3, -0.25) is 0 Å². The highest BCUT2D eigenvalue weighted by atomic mass is 16.5. The SMILES string of the molecule is COc1ccccc1CNC1CCN(C)CC1C. The second-order valence-corrected chi connectivity index (χ2v) is 5.33. The van der Waals surface area contributed by atoms with Gasteiger partial charge in [0, 0.05) is 24.7 Å². The second kappa shape index (κ2) is 6.21. The summed E-state index contributed by atoms with van der Waals surface area (Å²) in [6, 6.07) is 8.85. The quantitative estimate of drug-likeness (QED) is 0.883. The zero-order valence-corrected chi connectivity index (χ0v) is 11.6. The fraction of sp³-hybridized carbons (Fsp3) is 0.600. The largest absolute Gasteiger partial charge is 0.496 e. The number of hydrogen-bond acceptors (Lipinski definition) is 3. The molecule has 0 saturated carbocycles. The van der Waals surface area contributed by atoms with Gasteiger partial charge >= 0.3 is 0 Å². The van der Waals surface area contributed by atoms with Gasteiger partial charge in [0.2, 0.25) is 0 Å². The molecule has 1 heterocycles. The Bertz CT molecular complexity index is 381. The van der Waals surface area contributed by atoms with E-state index in [4.69, 9.17) is 4.74 Å². The smallest absolute Gasteiger partial charge is 0.123 e.